The number of tetrazole rings is 1. The predicted molar refractivity (Wildman–Crippen MR) is 86.5 cm³/mol. The molecule has 1 aliphatic carbocycles. The Balaban J connectivity index is 1.68. The van der Waals surface area contributed by atoms with Gasteiger partial charge in [0.15, 0.2) is 5.78 Å². The highest BCUT2D eigenvalue weighted by Gasteiger charge is 2.29. The third-order valence-electron chi connectivity index (χ3n) is 3.57. The van der Waals surface area contributed by atoms with Gasteiger partial charge in [0.2, 0.25) is 11.1 Å². The molecule has 2 aromatic rings. The molecule has 0 radical (unpaired) electrons. The number of hydrogen-bond donors (Lipinski definition) is 1. The number of aromatic nitrogens is 4. The predicted octanol–water partition coefficient (Wildman–Crippen LogP) is 2.33. The van der Waals surface area contributed by atoms with Crippen LogP contribution in [0.5, 0.6) is 0 Å². The molecule has 0 saturated heterocycles. The average molecular weight is 331 g/mol. The number of rotatable bonds is 6. The monoisotopic (exact) mass is 331 g/mol. The molecular formula is C15H17N5O2S. The number of carbonyl (C=O) groups excluding carboxylic acids is 2. The normalized spacial score (nSPS) is 15.2. The van der Waals surface area contributed by atoms with Gasteiger partial charge in [0, 0.05) is 5.56 Å². The van der Waals surface area contributed by atoms with Gasteiger partial charge in [-0.1, -0.05) is 23.9 Å². The zero-order valence-corrected chi connectivity index (χ0v) is 13.7. The van der Waals surface area contributed by atoms with Gasteiger partial charge in [-0.3, -0.25) is 9.59 Å². The second kappa shape index (κ2) is 6.49. The molecule has 1 saturated carbocycles. The molecule has 1 aliphatic rings. The van der Waals surface area contributed by atoms with E-state index in [2.05, 4.69) is 20.8 Å². The third kappa shape index (κ3) is 3.58. The first kappa shape index (κ1) is 15.7. The lowest BCUT2D eigenvalue weighted by atomic mass is 10.1. The van der Waals surface area contributed by atoms with Crippen LogP contribution in [0.4, 0.5) is 5.69 Å². The highest BCUT2D eigenvalue weighted by molar-refractivity contribution is 8.00. The number of benzene rings is 1. The van der Waals surface area contributed by atoms with Gasteiger partial charge < -0.3 is 5.32 Å². The second-order valence-electron chi connectivity index (χ2n) is 5.49. The number of nitrogens with one attached hydrogen (secondary N) is 1. The smallest absolute Gasteiger partial charge is 0.237 e. The lowest BCUT2D eigenvalue weighted by molar-refractivity contribution is -0.115. The molecule has 3 rings (SSSR count). The maximum absolute atomic E-state index is 12.4. The van der Waals surface area contributed by atoms with E-state index < -0.39 is 0 Å². The Morgan fingerprint density at radius 3 is 2.78 bits per heavy atom. The molecule has 1 atom stereocenters. The zero-order chi connectivity index (χ0) is 16.4. The van der Waals surface area contributed by atoms with E-state index >= 15 is 0 Å². The van der Waals surface area contributed by atoms with Crippen molar-refractivity contribution in [2.75, 3.05) is 5.32 Å². The summed E-state index contributed by atoms with van der Waals surface area (Å²) in [5, 5.41) is 14.7. The Morgan fingerprint density at radius 1 is 1.35 bits per heavy atom. The van der Waals surface area contributed by atoms with Crippen LogP contribution in [0.1, 0.15) is 43.1 Å². The summed E-state index contributed by atoms with van der Waals surface area (Å²) in [6.07, 6.45) is 2.15. The van der Waals surface area contributed by atoms with Gasteiger partial charge in [-0.15, -0.1) is 5.10 Å². The van der Waals surface area contributed by atoms with E-state index in [0.29, 0.717) is 22.4 Å². The van der Waals surface area contributed by atoms with Crippen LogP contribution >= 0.6 is 11.8 Å². The molecule has 1 unspecified atom stereocenters. The first-order valence-corrected chi connectivity index (χ1v) is 8.29. The van der Waals surface area contributed by atoms with Crippen molar-refractivity contribution in [3.8, 4) is 0 Å². The molecule has 120 valence electrons. The van der Waals surface area contributed by atoms with Crippen LogP contribution in [0.2, 0.25) is 0 Å². The third-order valence-corrected chi connectivity index (χ3v) is 4.62. The van der Waals surface area contributed by atoms with E-state index in [1.807, 2.05) is 0 Å². The van der Waals surface area contributed by atoms with E-state index in [0.717, 1.165) is 12.8 Å². The number of hydrogen-bond acceptors (Lipinski definition) is 6. The van der Waals surface area contributed by atoms with Crippen LogP contribution in [-0.4, -0.2) is 37.1 Å². The van der Waals surface area contributed by atoms with Crippen LogP contribution in [0.3, 0.4) is 0 Å². The fourth-order valence-electron chi connectivity index (χ4n) is 2.16. The van der Waals surface area contributed by atoms with Crippen LogP contribution in [0.15, 0.2) is 29.4 Å². The van der Waals surface area contributed by atoms with Crippen LogP contribution in [-0.2, 0) is 4.79 Å². The van der Waals surface area contributed by atoms with Crippen molar-refractivity contribution in [1.29, 1.82) is 0 Å². The minimum absolute atomic E-state index is 0.0844. The lowest BCUT2D eigenvalue weighted by Crippen LogP contribution is -2.24. The SMILES string of the molecule is CC(=O)c1ccccc1NC(=O)C(C)Sc1nnnn1C1CC1. The number of thioether (sulfide) groups is 1. The van der Waals surface area contributed by atoms with E-state index in [1.165, 1.54) is 18.7 Å². The number of para-hydroxylation sites is 1. The minimum Gasteiger partial charge on any atom is -0.324 e. The molecule has 1 aromatic heterocycles. The van der Waals surface area contributed by atoms with E-state index in [9.17, 15) is 9.59 Å². The summed E-state index contributed by atoms with van der Waals surface area (Å²) in [6.45, 7) is 3.27. The number of ketones is 1. The zero-order valence-electron chi connectivity index (χ0n) is 12.9. The molecule has 0 aliphatic heterocycles. The molecule has 0 bridgehead atoms. The van der Waals surface area contributed by atoms with Crippen molar-refractivity contribution < 1.29 is 9.59 Å². The van der Waals surface area contributed by atoms with Crippen molar-refractivity contribution in [2.45, 2.75) is 43.1 Å². The Kier molecular flexibility index (Phi) is 4.42. The molecule has 1 N–H and O–H groups in total. The molecule has 0 spiro atoms. The maximum atomic E-state index is 12.4. The van der Waals surface area contributed by atoms with Gasteiger partial charge in [0.25, 0.3) is 0 Å². The summed E-state index contributed by atoms with van der Waals surface area (Å²) in [4.78, 5) is 24.0. The second-order valence-corrected chi connectivity index (χ2v) is 6.80. The molecular weight excluding hydrogens is 314 g/mol. The summed E-state index contributed by atoms with van der Waals surface area (Å²) in [5.74, 6) is -0.270. The molecule has 1 heterocycles. The van der Waals surface area contributed by atoms with Gasteiger partial charge in [0.05, 0.1) is 17.0 Å². The first-order valence-electron chi connectivity index (χ1n) is 7.41. The Labute approximate surface area is 137 Å². The van der Waals surface area contributed by atoms with Crippen LogP contribution < -0.4 is 5.32 Å². The number of carbonyl (C=O) groups is 2. The van der Waals surface area contributed by atoms with Crippen molar-refractivity contribution in [2.24, 2.45) is 0 Å². The van der Waals surface area contributed by atoms with Gasteiger partial charge in [-0.25, -0.2) is 4.68 Å². The lowest BCUT2D eigenvalue weighted by Gasteiger charge is -2.13. The summed E-state index contributed by atoms with van der Waals surface area (Å²) in [6, 6.07) is 7.34. The van der Waals surface area contributed by atoms with Crippen LogP contribution in [0, 0.1) is 0 Å². The van der Waals surface area contributed by atoms with E-state index in [1.54, 1.807) is 35.9 Å². The summed E-state index contributed by atoms with van der Waals surface area (Å²) < 4.78 is 1.78. The Morgan fingerprint density at radius 2 is 2.09 bits per heavy atom. The molecule has 7 nitrogen and oxygen atoms in total. The van der Waals surface area contributed by atoms with Crippen molar-refractivity contribution >= 4 is 29.1 Å². The highest BCUT2D eigenvalue weighted by atomic mass is 32.2. The number of anilines is 1. The highest BCUT2D eigenvalue weighted by Crippen LogP contribution is 2.37. The Hall–Kier alpha value is -2.22. The van der Waals surface area contributed by atoms with Crippen LogP contribution in [0.25, 0.3) is 0 Å². The van der Waals surface area contributed by atoms with E-state index in [-0.39, 0.29) is 16.9 Å². The first-order chi connectivity index (χ1) is 11.1. The number of amides is 1. The number of Topliss-reactive ketones (excluding diaryl/α,β-unsaturated/α-hetero) is 1. The quantitative estimate of drug-likeness (QED) is 0.645. The van der Waals surface area contributed by atoms with Crippen molar-refractivity contribution in [3.63, 3.8) is 0 Å². The van der Waals surface area contributed by atoms with E-state index in [4.69, 9.17) is 0 Å². The topological polar surface area (TPSA) is 89.8 Å². The summed E-state index contributed by atoms with van der Waals surface area (Å²) in [5.41, 5.74) is 1.03. The van der Waals surface area contributed by atoms with Gasteiger partial charge in [-0.2, -0.15) is 0 Å². The average Bonchev–Trinajstić information content (AvgIpc) is 3.27. The van der Waals surface area contributed by atoms with Crippen molar-refractivity contribution in [3.05, 3.63) is 29.8 Å². The van der Waals surface area contributed by atoms with Gasteiger partial charge in [-0.05, 0) is 49.2 Å². The summed E-state index contributed by atoms with van der Waals surface area (Å²) in [7, 11) is 0. The van der Waals surface area contributed by atoms with Gasteiger partial charge in [0.1, 0.15) is 0 Å². The fourth-order valence-corrected chi connectivity index (χ4v) is 3.02. The molecule has 23 heavy (non-hydrogen) atoms. The Bertz CT molecular complexity index is 741. The summed E-state index contributed by atoms with van der Waals surface area (Å²) >= 11 is 1.32. The maximum Gasteiger partial charge on any atom is 0.237 e. The largest absolute Gasteiger partial charge is 0.324 e. The molecule has 1 fully saturated rings. The minimum atomic E-state index is -0.376. The molecule has 1 amide bonds. The number of nitrogens with zero attached hydrogens (tertiary/aromatic N) is 4. The molecule has 1 aromatic carbocycles. The molecule has 8 heteroatoms. The van der Waals surface area contributed by atoms with Crippen molar-refractivity contribution in [1.82, 2.24) is 20.2 Å². The standard InChI is InChI=1S/C15H17N5O2S/c1-9(21)12-5-3-4-6-13(12)16-14(22)10(2)23-15-17-18-19-20(15)11-7-8-11/h3-6,10-11H,7-8H2,1-2H3,(H,16,22). The fraction of sp³-hybridized carbons (Fsp3) is 0.400. The van der Waals surface area contributed by atoms with Gasteiger partial charge >= 0.3 is 0 Å².